The number of ether oxygens (including phenoxy) is 1. The average molecular weight is 258 g/mol. The quantitative estimate of drug-likeness (QED) is 0.849. The lowest BCUT2D eigenvalue weighted by molar-refractivity contribution is -0.135. The minimum Gasteiger partial charge on any atom is -0.480 e. The molecule has 0 aromatic heterocycles. The SMILES string of the molecule is COC(C)CN(CC(=O)O)c1cccc(Cl)c1. The van der Waals surface area contributed by atoms with Gasteiger partial charge < -0.3 is 14.7 Å². The minimum atomic E-state index is -0.881. The first-order valence-corrected chi connectivity index (χ1v) is 5.66. The molecule has 17 heavy (non-hydrogen) atoms. The second-order valence-corrected chi connectivity index (χ2v) is 4.24. The molecule has 1 rings (SSSR count). The van der Waals surface area contributed by atoms with Gasteiger partial charge in [0.1, 0.15) is 6.54 Å². The van der Waals surface area contributed by atoms with Crippen LogP contribution in [-0.4, -0.2) is 37.4 Å². The first-order chi connectivity index (χ1) is 8.02. The summed E-state index contributed by atoms with van der Waals surface area (Å²) in [5.41, 5.74) is 0.781. The fourth-order valence-corrected chi connectivity index (χ4v) is 1.67. The topological polar surface area (TPSA) is 49.8 Å². The van der Waals surface area contributed by atoms with E-state index in [9.17, 15) is 4.79 Å². The predicted octanol–water partition coefficient (Wildman–Crippen LogP) is 2.27. The van der Waals surface area contributed by atoms with E-state index in [0.29, 0.717) is 11.6 Å². The zero-order valence-corrected chi connectivity index (χ0v) is 10.6. The average Bonchev–Trinajstić information content (AvgIpc) is 2.27. The van der Waals surface area contributed by atoms with E-state index in [1.165, 1.54) is 0 Å². The molecule has 0 heterocycles. The first-order valence-electron chi connectivity index (χ1n) is 5.28. The Balaban J connectivity index is 2.85. The van der Waals surface area contributed by atoms with Crippen molar-refractivity contribution < 1.29 is 14.6 Å². The zero-order chi connectivity index (χ0) is 12.8. The van der Waals surface area contributed by atoms with E-state index >= 15 is 0 Å². The van der Waals surface area contributed by atoms with Crippen molar-refractivity contribution in [3.05, 3.63) is 29.3 Å². The molecule has 5 heteroatoms. The highest BCUT2D eigenvalue weighted by Gasteiger charge is 2.14. The van der Waals surface area contributed by atoms with E-state index in [2.05, 4.69) is 0 Å². The Morgan fingerprint density at radius 2 is 2.29 bits per heavy atom. The molecule has 1 atom stereocenters. The van der Waals surface area contributed by atoms with Crippen molar-refractivity contribution in [1.82, 2.24) is 0 Å². The Morgan fingerprint density at radius 1 is 1.59 bits per heavy atom. The van der Waals surface area contributed by atoms with Crippen LogP contribution in [0.25, 0.3) is 0 Å². The maximum absolute atomic E-state index is 10.8. The number of aliphatic carboxylic acids is 1. The van der Waals surface area contributed by atoms with Gasteiger partial charge >= 0.3 is 5.97 Å². The van der Waals surface area contributed by atoms with Gasteiger partial charge in [0.2, 0.25) is 0 Å². The number of benzene rings is 1. The van der Waals surface area contributed by atoms with Crippen LogP contribution in [0.4, 0.5) is 5.69 Å². The highest BCUT2D eigenvalue weighted by molar-refractivity contribution is 6.30. The highest BCUT2D eigenvalue weighted by Crippen LogP contribution is 2.19. The van der Waals surface area contributed by atoms with Crippen molar-refractivity contribution in [2.75, 3.05) is 25.1 Å². The van der Waals surface area contributed by atoms with Gasteiger partial charge in [-0.05, 0) is 25.1 Å². The molecule has 0 spiro atoms. The maximum Gasteiger partial charge on any atom is 0.323 e. The van der Waals surface area contributed by atoms with E-state index in [1.54, 1.807) is 30.2 Å². The van der Waals surface area contributed by atoms with Crippen molar-refractivity contribution in [3.8, 4) is 0 Å². The molecule has 1 aromatic carbocycles. The van der Waals surface area contributed by atoms with Crippen LogP contribution < -0.4 is 4.90 Å². The Morgan fingerprint density at radius 3 is 2.82 bits per heavy atom. The van der Waals surface area contributed by atoms with E-state index < -0.39 is 5.97 Å². The third kappa shape index (κ3) is 4.63. The number of halogens is 1. The molecule has 0 amide bonds. The maximum atomic E-state index is 10.8. The number of hydrogen-bond acceptors (Lipinski definition) is 3. The van der Waals surface area contributed by atoms with Crippen LogP contribution >= 0.6 is 11.6 Å². The van der Waals surface area contributed by atoms with Crippen molar-refractivity contribution in [1.29, 1.82) is 0 Å². The lowest BCUT2D eigenvalue weighted by atomic mass is 10.2. The van der Waals surface area contributed by atoms with Gasteiger partial charge in [0.15, 0.2) is 0 Å². The second kappa shape index (κ2) is 6.47. The number of methoxy groups -OCH3 is 1. The second-order valence-electron chi connectivity index (χ2n) is 3.80. The number of carboxylic acids is 1. The van der Waals surface area contributed by atoms with Gasteiger partial charge in [0.05, 0.1) is 6.10 Å². The van der Waals surface area contributed by atoms with Crippen LogP contribution in [0, 0.1) is 0 Å². The van der Waals surface area contributed by atoms with E-state index in [4.69, 9.17) is 21.4 Å². The molecule has 0 radical (unpaired) electrons. The van der Waals surface area contributed by atoms with Gasteiger partial charge in [-0.25, -0.2) is 0 Å². The van der Waals surface area contributed by atoms with Crippen LogP contribution in [0.2, 0.25) is 5.02 Å². The highest BCUT2D eigenvalue weighted by atomic mass is 35.5. The molecule has 1 unspecified atom stereocenters. The van der Waals surface area contributed by atoms with Gasteiger partial charge in [-0.2, -0.15) is 0 Å². The van der Waals surface area contributed by atoms with Crippen molar-refractivity contribution >= 4 is 23.3 Å². The summed E-state index contributed by atoms with van der Waals surface area (Å²) in [6, 6.07) is 7.12. The summed E-state index contributed by atoms with van der Waals surface area (Å²) in [5, 5.41) is 9.47. The summed E-state index contributed by atoms with van der Waals surface area (Å²) in [5.74, 6) is -0.881. The smallest absolute Gasteiger partial charge is 0.323 e. The number of carboxylic acid groups (broad SMARTS) is 1. The monoisotopic (exact) mass is 257 g/mol. The molecule has 0 fully saturated rings. The number of nitrogens with zero attached hydrogens (tertiary/aromatic N) is 1. The van der Waals surface area contributed by atoms with Gasteiger partial charge in [-0.1, -0.05) is 17.7 Å². The zero-order valence-electron chi connectivity index (χ0n) is 9.89. The van der Waals surface area contributed by atoms with E-state index in [0.717, 1.165) is 5.69 Å². The molecule has 0 saturated carbocycles. The third-order valence-corrected chi connectivity index (χ3v) is 2.61. The van der Waals surface area contributed by atoms with Crippen LogP contribution in [-0.2, 0) is 9.53 Å². The number of carbonyl (C=O) groups is 1. The molecule has 0 bridgehead atoms. The van der Waals surface area contributed by atoms with Gasteiger partial charge in [0.25, 0.3) is 0 Å². The van der Waals surface area contributed by atoms with Crippen molar-refractivity contribution in [3.63, 3.8) is 0 Å². The molecular weight excluding hydrogens is 242 g/mol. The minimum absolute atomic E-state index is 0.0478. The van der Waals surface area contributed by atoms with Crippen LogP contribution in [0.3, 0.4) is 0 Å². The summed E-state index contributed by atoms with van der Waals surface area (Å²) < 4.78 is 5.15. The lowest BCUT2D eigenvalue weighted by Crippen LogP contribution is -2.36. The lowest BCUT2D eigenvalue weighted by Gasteiger charge is -2.25. The van der Waals surface area contributed by atoms with Crippen LogP contribution in [0.5, 0.6) is 0 Å². The molecule has 0 aliphatic heterocycles. The number of anilines is 1. The van der Waals surface area contributed by atoms with Gasteiger partial charge in [0, 0.05) is 24.4 Å². The third-order valence-electron chi connectivity index (χ3n) is 2.38. The van der Waals surface area contributed by atoms with E-state index in [1.807, 2.05) is 13.0 Å². The Labute approximate surface area is 106 Å². The molecule has 1 N–H and O–H groups in total. The summed E-state index contributed by atoms with van der Waals surface area (Å²) in [6.45, 7) is 2.32. The first kappa shape index (κ1) is 13.8. The van der Waals surface area contributed by atoms with Gasteiger partial charge in [-0.3, -0.25) is 4.79 Å². The molecule has 4 nitrogen and oxygen atoms in total. The molecule has 1 aromatic rings. The normalized spacial score (nSPS) is 12.2. The fraction of sp³-hybridized carbons (Fsp3) is 0.417. The van der Waals surface area contributed by atoms with Crippen molar-refractivity contribution in [2.24, 2.45) is 0 Å². The molecule has 0 aliphatic rings. The van der Waals surface area contributed by atoms with Gasteiger partial charge in [-0.15, -0.1) is 0 Å². The summed E-state index contributed by atoms with van der Waals surface area (Å²) in [7, 11) is 1.60. The Bertz CT molecular complexity index is 384. The number of rotatable bonds is 6. The largest absolute Gasteiger partial charge is 0.480 e. The Kier molecular flexibility index (Phi) is 5.25. The number of hydrogen-bond donors (Lipinski definition) is 1. The Hall–Kier alpha value is -1.26. The molecule has 0 aliphatic carbocycles. The van der Waals surface area contributed by atoms with Crippen LogP contribution in [0.15, 0.2) is 24.3 Å². The predicted molar refractivity (Wildman–Crippen MR) is 67.8 cm³/mol. The molecule has 0 saturated heterocycles. The van der Waals surface area contributed by atoms with E-state index in [-0.39, 0.29) is 12.6 Å². The summed E-state index contributed by atoms with van der Waals surface area (Å²) in [6.07, 6.45) is -0.0478. The summed E-state index contributed by atoms with van der Waals surface area (Å²) in [4.78, 5) is 12.5. The van der Waals surface area contributed by atoms with Crippen molar-refractivity contribution in [2.45, 2.75) is 13.0 Å². The summed E-state index contributed by atoms with van der Waals surface area (Å²) >= 11 is 5.89. The van der Waals surface area contributed by atoms with Crippen LogP contribution in [0.1, 0.15) is 6.92 Å². The standard InChI is InChI=1S/C12H16ClNO3/c1-9(17-2)7-14(8-12(15)16)11-5-3-4-10(13)6-11/h3-6,9H,7-8H2,1-2H3,(H,15,16). The fourth-order valence-electron chi connectivity index (χ4n) is 1.48. The molecule has 94 valence electrons. The molecular formula is C12H16ClNO3.